The summed E-state index contributed by atoms with van der Waals surface area (Å²) in [6.45, 7) is 2.02. The smallest absolute Gasteiger partial charge is 0.223 e. The minimum Gasteiger partial charge on any atom is -0.392 e. The first-order valence-electron chi connectivity index (χ1n) is 10.1. The third kappa shape index (κ3) is 3.86. The zero-order chi connectivity index (χ0) is 21.5. The molecule has 0 bridgehead atoms. The fourth-order valence-corrected chi connectivity index (χ4v) is 3.85. The zero-order valence-corrected chi connectivity index (χ0v) is 17.5. The highest BCUT2D eigenvalue weighted by atomic mass is 35.5. The number of rotatable bonds is 6. The number of hydrogen-bond donors (Lipinski definition) is 3. The Morgan fingerprint density at radius 3 is 3.00 bits per heavy atom. The number of fused-ring (bicyclic) bond motifs is 1. The van der Waals surface area contributed by atoms with E-state index < -0.39 is 12.3 Å². The fraction of sp³-hybridized carbons (Fsp3) is 0.333. The molecule has 8 nitrogen and oxygen atoms in total. The van der Waals surface area contributed by atoms with Crippen LogP contribution < -0.4 is 5.32 Å². The number of anilines is 1. The Balaban J connectivity index is 1.58. The molecule has 1 unspecified atom stereocenters. The molecule has 4 aromatic rings. The molecule has 5 rings (SSSR count). The Labute approximate surface area is 182 Å². The summed E-state index contributed by atoms with van der Waals surface area (Å²) in [6, 6.07) is 3.75. The summed E-state index contributed by atoms with van der Waals surface area (Å²) in [6.07, 6.45) is 6.57. The molecule has 4 heterocycles. The number of aromatic amines is 1. The van der Waals surface area contributed by atoms with E-state index >= 15 is 0 Å². The van der Waals surface area contributed by atoms with Gasteiger partial charge in [-0.3, -0.25) is 4.68 Å². The molecule has 0 amide bonds. The molecular formula is C21H21ClFN7O. The quantitative estimate of drug-likeness (QED) is 0.417. The Morgan fingerprint density at radius 2 is 2.23 bits per heavy atom. The van der Waals surface area contributed by atoms with Gasteiger partial charge < -0.3 is 15.4 Å². The molecule has 1 aliphatic carbocycles. The van der Waals surface area contributed by atoms with Crippen molar-refractivity contribution in [1.29, 1.82) is 0 Å². The van der Waals surface area contributed by atoms with Gasteiger partial charge in [0.1, 0.15) is 17.5 Å². The molecule has 1 saturated carbocycles. The van der Waals surface area contributed by atoms with Crippen molar-refractivity contribution in [1.82, 2.24) is 29.7 Å². The summed E-state index contributed by atoms with van der Waals surface area (Å²) in [5, 5.41) is 18.7. The van der Waals surface area contributed by atoms with Crippen molar-refractivity contribution in [2.45, 2.75) is 38.1 Å². The number of nitrogens with zero attached hydrogens (tertiary/aromatic N) is 5. The summed E-state index contributed by atoms with van der Waals surface area (Å²) in [4.78, 5) is 16.3. The summed E-state index contributed by atoms with van der Waals surface area (Å²) in [5.41, 5.74) is 3.63. The van der Waals surface area contributed by atoms with Gasteiger partial charge in [-0.05, 0) is 19.1 Å². The second kappa shape index (κ2) is 7.90. The highest BCUT2D eigenvalue weighted by Gasteiger charge is 2.32. The van der Waals surface area contributed by atoms with Crippen molar-refractivity contribution in [2.75, 3.05) is 11.9 Å². The molecule has 160 valence electrons. The molecule has 0 aliphatic heterocycles. The minimum absolute atomic E-state index is 0.0182. The maximum atomic E-state index is 13.5. The van der Waals surface area contributed by atoms with Gasteiger partial charge in [0.2, 0.25) is 5.95 Å². The number of aliphatic hydroxyl groups excluding tert-OH is 1. The summed E-state index contributed by atoms with van der Waals surface area (Å²) >= 11 is 6.29. The molecule has 1 fully saturated rings. The Kier molecular flexibility index (Phi) is 5.07. The van der Waals surface area contributed by atoms with Gasteiger partial charge >= 0.3 is 0 Å². The van der Waals surface area contributed by atoms with Crippen molar-refractivity contribution in [2.24, 2.45) is 0 Å². The molecule has 4 aromatic heterocycles. The van der Waals surface area contributed by atoms with Crippen molar-refractivity contribution in [3.05, 3.63) is 41.9 Å². The van der Waals surface area contributed by atoms with Crippen LogP contribution in [0.3, 0.4) is 0 Å². The molecular weight excluding hydrogens is 421 g/mol. The van der Waals surface area contributed by atoms with Crippen molar-refractivity contribution in [3.8, 4) is 22.5 Å². The zero-order valence-electron chi connectivity index (χ0n) is 16.8. The van der Waals surface area contributed by atoms with Crippen molar-refractivity contribution in [3.63, 3.8) is 0 Å². The van der Waals surface area contributed by atoms with Gasteiger partial charge in [-0.2, -0.15) is 5.10 Å². The number of aliphatic hydroxyl groups is 1. The van der Waals surface area contributed by atoms with Crippen LogP contribution in [0.5, 0.6) is 0 Å². The maximum absolute atomic E-state index is 13.5. The van der Waals surface area contributed by atoms with E-state index in [-0.39, 0.29) is 6.04 Å². The van der Waals surface area contributed by atoms with Crippen LogP contribution in [-0.4, -0.2) is 53.6 Å². The third-order valence-electron chi connectivity index (χ3n) is 5.40. The standard InChI is InChI=1S/C21H21ClFN7O/c1-11(31)7-27-21-24-3-2-18(28-21)16-10-30(14-5-13(23)6-14)29-19(16)12-4-15-17(22)9-26-20(15)25-8-12/h2-4,8-11,13-14,31H,5-7H2,1H3,(H,25,26)(H,24,27,28). The van der Waals surface area contributed by atoms with E-state index in [2.05, 4.69) is 25.3 Å². The molecule has 0 radical (unpaired) electrons. The predicted octanol–water partition coefficient (Wildman–Crippen LogP) is 4.00. The van der Waals surface area contributed by atoms with Crippen molar-refractivity contribution >= 4 is 28.6 Å². The normalized spacial score (nSPS) is 19.4. The molecule has 0 spiro atoms. The molecule has 0 saturated heterocycles. The number of alkyl halides is 1. The van der Waals surface area contributed by atoms with Gasteiger partial charge in [0.15, 0.2) is 0 Å². The van der Waals surface area contributed by atoms with E-state index in [1.54, 1.807) is 31.6 Å². The van der Waals surface area contributed by atoms with Crippen LogP contribution in [0.15, 0.2) is 36.9 Å². The van der Waals surface area contributed by atoms with Crippen LogP contribution in [0, 0.1) is 0 Å². The lowest BCUT2D eigenvalue weighted by molar-refractivity contribution is 0.128. The molecule has 3 N–H and O–H groups in total. The van der Waals surface area contributed by atoms with E-state index in [0.717, 1.165) is 16.5 Å². The Morgan fingerprint density at radius 1 is 1.39 bits per heavy atom. The summed E-state index contributed by atoms with van der Waals surface area (Å²) in [7, 11) is 0. The first kappa shape index (κ1) is 19.9. The van der Waals surface area contributed by atoms with Crippen LogP contribution in [0.2, 0.25) is 5.02 Å². The summed E-state index contributed by atoms with van der Waals surface area (Å²) in [5.74, 6) is 0.409. The lowest BCUT2D eigenvalue weighted by Crippen LogP contribution is -2.28. The Bertz CT molecular complexity index is 1230. The number of pyridine rings is 1. The van der Waals surface area contributed by atoms with Crippen LogP contribution in [0.4, 0.5) is 10.3 Å². The second-order valence-electron chi connectivity index (χ2n) is 7.85. The first-order chi connectivity index (χ1) is 15.0. The predicted molar refractivity (Wildman–Crippen MR) is 117 cm³/mol. The van der Waals surface area contributed by atoms with Gasteiger partial charge in [-0.25, -0.2) is 19.3 Å². The fourth-order valence-electron chi connectivity index (χ4n) is 3.65. The number of hydrogen-bond acceptors (Lipinski definition) is 6. The topological polar surface area (TPSA) is 105 Å². The molecule has 0 aromatic carbocycles. The van der Waals surface area contributed by atoms with Gasteiger partial charge in [0.25, 0.3) is 0 Å². The van der Waals surface area contributed by atoms with Gasteiger partial charge in [0.05, 0.1) is 22.9 Å². The average molecular weight is 442 g/mol. The minimum atomic E-state index is -0.784. The number of aromatic nitrogens is 6. The highest BCUT2D eigenvalue weighted by Crippen LogP contribution is 2.38. The van der Waals surface area contributed by atoms with E-state index in [1.807, 2.05) is 16.9 Å². The van der Waals surface area contributed by atoms with Gasteiger partial charge in [-0.15, -0.1) is 0 Å². The largest absolute Gasteiger partial charge is 0.392 e. The van der Waals surface area contributed by atoms with E-state index in [4.69, 9.17) is 16.7 Å². The lowest BCUT2D eigenvalue weighted by atomic mass is 9.91. The van der Waals surface area contributed by atoms with Crippen LogP contribution in [0.1, 0.15) is 25.8 Å². The van der Waals surface area contributed by atoms with E-state index in [1.165, 1.54) is 0 Å². The van der Waals surface area contributed by atoms with E-state index in [0.29, 0.717) is 47.4 Å². The van der Waals surface area contributed by atoms with Gasteiger partial charge in [-0.1, -0.05) is 11.6 Å². The van der Waals surface area contributed by atoms with Gasteiger partial charge in [0, 0.05) is 60.7 Å². The number of halogens is 2. The molecule has 1 atom stereocenters. The molecule has 1 aliphatic rings. The van der Waals surface area contributed by atoms with Crippen LogP contribution in [-0.2, 0) is 0 Å². The SMILES string of the molecule is CC(O)CNc1nccc(-c2cn(C3CC(F)C3)nc2-c2cnc3[nH]cc(Cl)c3c2)n1. The lowest BCUT2D eigenvalue weighted by Gasteiger charge is -2.29. The highest BCUT2D eigenvalue weighted by molar-refractivity contribution is 6.35. The van der Waals surface area contributed by atoms with Crippen LogP contribution >= 0.6 is 11.6 Å². The summed E-state index contributed by atoms with van der Waals surface area (Å²) < 4.78 is 15.3. The first-order valence-corrected chi connectivity index (χ1v) is 10.5. The monoisotopic (exact) mass is 441 g/mol. The maximum Gasteiger partial charge on any atom is 0.223 e. The van der Waals surface area contributed by atoms with Crippen molar-refractivity contribution < 1.29 is 9.50 Å². The van der Waals surface area contributed by atoms with Crippen LogP contribution in [0.25, 0.3) is 33.5 Å². The molecule has 10 heteroatoms. The van der Waals surface area contributed by atoms with E-state index in [9.17, 15) is 9.50 Å². The molecule has 31 heavy (non-hydrogen) atoms. The number of nitrogens with one attached hydrogen (secondary N) is 2. The number of H-pyrrole nitrogens is 1. The average Bonchev–Trinajstić information content (AvgIpc) is 3.34. The second-order valence-corrected chi connectivity index (χ2v) is 8.25. The Hall–Kier alpha value is -3.04. The third-order valence-corrected chi connectivity index (χ3v) is 5.72.